The van der Waals surface area contributed by atoms with Crippen molar-refractivity contribution in [2.24, 2.45) is 17.6 Å². The lowest BCUT2D eigenvalue weighted by molar-refractivity contribution is -0.119. The topological polar surface area (TPSA) is 88.8 Å². The number of rotatable bonds is 8. The largest absolute Gasteiger partial charge is 0.470 e. The van der Waals surface area contributed by atoms with Crippen LogP contribution in [0.3, 0.4) is 0 Å². The van der Waals surface area contributed by atoms with Crippen LogP contribution in [-0.4, -0.2) is 65.8 Å². The highest BCUT2D eigenvalue weighted by Crippen LogP contribution is 2.33. The zero-order valence-electron chi connectivity index (χ0n) is 19.8. The van der Waals surface area contributed by atoms with Crippen molar-refractivity contribution in [1.29, 1.82) is 0 Å². The average Bonchev–Trinajstić information content (AvgIpc) is 3.35. The highest BCUT2D eigenvalue weighted by Gasteiger charge is 2.42. The van der Waals surface area contributed by atoms with Gasteiger partial charge in [0.05, 0.1) is 11.3 Å². The van der Waals surface area contributed by atoms with E-state index in [1.165, 1.54) is 12.5 Å². The number of Topliss-reactive ketones (excluding diaryl/α,β-unsaturated/α-hetero) is 1. The zero-order valence-corrected chi connectivity index (χ0v) is 19.8. The minimum Gasteiger partial charge on any atom is -0.470 e. The Hall–Kier alpha value is -2.77. The normalized spacial score (nSPS) is 21.2. The second-order valence-corrected chi connectivity index (χ2v) is 9.52. The molecule has 7 nitrogen and oxygen atoms in total. The second-order valence-electron chi connectivity index (χ2n) is 9.52. The van der Waals surface area contributed by atoms with E-state index in [0.29, 0.717) is 29.0 Å². The molecule has 2 N–H and O–H groups in total. The van der Waals surface area contributed by atoms with Gasteiger partial charge in [-0.1, -0.05) is 30.3 Å². The maximum Gasteiger partial charge on any atom is 0.255 e. The minimum absolute atomic E-state index is 0.0125. The van der Waals surface area contributed by atoms with E-state index >= 15 is 0 Å². The van der Waals surface area contributed by atoms with Gasteiger partial charge in [-0.25, -0.2) is 4.98 Å². The summed E-state index contributed by atoms with van der Waals surface area (Å²) in [4.78, 5) is 33.4. The van der Waals surface area contributed by atoms with Gasteiger partial charge in [-0.2, -0.15) is 0 Å². The molecule has 176 valence electrons. The molecule has 2 aliphatic heterocycles. The summed E-state index contributed by atoms with van der Waals surface area (Å²) in [7, 11) is 0. The zero-order chi connectivity index (χ0) is 23.5. The van der Waals surface area contributed by atoms with Crippen LogP contribution in [0.2, 0.25) is 0 Å². The maximum absolute atomic E-state index is 13.3. The number of aryl methyl sites for hydroxylation is 2. The Bertz CT molecular complexity index is 973. The summed E-state index contributed by atoms with van der Waals surface area (Å²) in [5, 5.41) is 0. The van der Waals surface area contributed by atoms with Gasteiger partial charge in [-0.05, 0) is 56.7 Å². The molecule has 2 aliphatic rings. The number of carbonyl (C=O) groups excluding carboxylic acids is 2. The third-order valence-electron chi connectivity index (χ3n) is 6.84. The van der Waals surface area contributed by atoms with Crippen molar-refractivity contribution in [2.45, 2.75) is 33.2 Å². The van der Waals surface area contributed by atoms with Crippen LogP contribution >= 0.6 is 0 Å². The standard InChI is InChI=1S/C26H34N4O3/c1-17-11-24(33-16-18(2)31)28-19(3)25(17)26(32)30-14-21-12-29(13-22(21)15-30)10-9-23(27)20-7-5-4-6-8-20/h4-8,11,21-23H,9-10,12-16,27H2,1-3H3/t21?,22?,23-/m0/s1. The van der Waals surface area contributed by atoms with Crippen LogP contribution in [0.25, 0.3) is 0 Å². The smallest absolute Gasteiger partial charge is 0.255 e. The van der Waals surface area contributed by atoms with Gasteiger partial charge in [0.15, 0.2) is 5.78 Å². The molecule has 0 spiro atoms. The van der Waals surface area contributed by atoms with Crippen LogP contribution in [0.1, 0.15) is 46.6 Å². The molecule has 2 aromatic rings. The summed E-state index contributed by atoms with van der Waals surface area (Å²) >= 11 is 0. The lowest BCUT2D eigenvalue weighted by Crippen LogP contribution is -2.35. The third-order valence-corrected chi connectivity index (χ3v) is 6.84. The Kier molecular flexibility index (Phi) is 7.10. The predicted molar refractivity (Wildman–Crippen MR) is 127 cm³/mol. The number of hydrogen-bond donors (Lipinski definition) is 1. The highest BCUT2D eigenvalue weighted by atomic mass is 16.5. The molecule has 1 aromatic carbocycles. The maximum atomic E-state index is 13.3. The molecule has 4 rings (SSSR count). The van der Waals surface area contributed by atoms with E-state index in [1.54, 1.807) is 6.07 Å². The number of aromatic nitrogens is 1. The monoisotopic (exact) mass is 450 g/mol. The Labute approximate surface area is 195 Å². The molecule has 1 amide bonds. The number of fused-ring (bicyclic) bond motifs is 1. The van der Waals surface area contributed by atoms with Gasteiger partial charge in [0.1, 0.15) is 6.61 Å². The van der Waals surface area contributed by atoms with Crippen LogP contribution < -0.4 is 10.5 Å². The van der Waals surface area contributed by atoms with Crippen molar-refractivity contribution >= 4 is 11.7 Å². The molecular formula is C26H34N4O3. The predicted octanol–water partition coefficient (Wildman–Crippen LogP) is 2.76. The fourth-order valence-corrected chi connectivity index (χ4v) is 5.15. The molecule has 0 aliphatic carbocycles. The van der Waals surface area contributed by atoms with E-state index in [2.05, 4.69) is 22.0 Å². The fraction of sp³-hybridized carbons (Fsp3) is 0.500. The fourth-order valence-electron chi connectivity index (χ4n) is 5.15. The van der Waals surface area contributed by atoms with Gasteiger partial charge in [-0.3, -0.25) is 9.59 Å². The molecule has 33 heavy (non-hydrogen) atoms. The van der Waals surface area contributed by atoms with Gasteiger partial charge in [-0.15, -0.1) is 0 Å². The number of hydrogen-bond acceptors (Lipinski definition) is 6. The third kappa shape index (κ3) is 5.42. The molecule has 2 saturated heterocycles. The van der Waals surface area contributed by atoms with E-state index in [4.69, 9.17) is 10.5 Å². The summed E-state index contributed by atoms with van der Waals surface area (Å²) in [5.74, 6) is 1.39. The Morgan fingerprint density at radius 2 is 1.79 bits per heavy atom. The molecule has 1 aromatic heterocycles. The van der Waals surface area contributed by atoms with Gasteiger partial charge in [0.2, 0.25) is 5.88 Å². The van der Waals surface area contributed by atoms with Gasteiger partial charge in [0.25, 0.3) is 5.91 Å². The summed E-state index contributed by atoms with van der Waals surface area (Å²) < 4.78 is 5.43. The average molecular weight is 451 g/mol. The van der Waals surface area contributed by atoms with Crippen LogP contribution in [0.4, 0.5) is 0 Å². The summed E-state index contributed by atoms with van der Waals surface area (Å²) in [5.41, 5.74) is 9.69. The second kappa shape index (κ2) is 10.0. The number of amides is 1. The molecule has 2 unspecified atom stereocenters. The van der Waals surface area contributed by atoms with Gasteiger partial charge >= 0.3 is 0 Å². The summed E-state index contributed by atoms with van der Waals surface area (Å²) in [6.07, 6.45) is 0.939. The number of likely N-dealkylation sites (tertiary alicyclic amines) is 2. The van der Waals surface area contributed by atoms with E-state index in [0.717, 1.165) is 44.7 Å². The van der Waals surface area contributed by atoms with Crippen LogP contribution in [0, 0.1) is 25.7 Å². The molecular weight excluding hydrogens is 416 g/mol. The first-order chi connectivity index (χ1) is 15.8. The first-order valence-corrected chi connectivity index (χ1v) is 11.7. The summed E-state index contributed by atoms with van der Waals surface area (Å²) in [6, 6.07) is 12.1. The number of nitrogens with zero attached hydrogens (tertiary/aromatic N) is 3. The minimum atomic E-state index is -0.0630. The molecule has 0 saturated carbocycles. The number of benzene rings is 1. The van der Waals surface area contributed by atoms with Crippen molar-refractivity contribution in [2.75, 3.05) is 39.3 Å². The number of carbonyl (C=O) groups is 2. The molecule has 3 atom stereocenters. The van der Waals surface area contributed by atoms with Crippen LogP contribution in [0.15, 0.2) is 36.4 Å². The Morgan fingerprint density at radius 3 is 2.39 bits per heavy atom. The quantitative estimate of drug-likeness (QED) is 0.665. The first kappa shape index (κ1) is 23.4. The van der Waals surface area contributed by atoms with Crippen LogP contribution in [-0.2, 0) is 4.79 Å². The molecule has 2 fully saturated rings. The Balaban J connectivity index is 1.31. The van der Waals surface area contributed by atoms with Gasteiger partial charge < -0.3 is 20.3 Å². The molecule has 3 heterocycles. The number of nitrogens with two attached hydrogens (primary N) is 1. The van der Waals surface area contributed by atoms with Crippen molar-refractivity contribution < 1.29 is 14.3 Å². The lowest BCUT2D eigenvalue weighted by atomic mass is 10.0. The first-order valence-electron chi connectivity index (χ1n) is 11.7. The van der Waals surface area contributed by atoms with Crippen LogP contribution in [0.5, 0.6) is 5.88 Å². The summed E-state index contributed by atoms with van der Waals surface area (Å²) in [6.45, 7) is 9.78. The Morgan fingerprint density at radius 1 is 1.12 bits per heavy atom. The lowest BCUT2D eigenvalue weighted by Gasteiger charge is -2.24. The highest BCUT2D eigenvalue weighted by molar-refractivity contribution is 5.97. The molecule has 0 bridgehead atoms. The molecule has 7 heteroatoms. The molecule has 0 radical (unpaired) electrons. The van der Waals surface area contributed by atoms with E-state index in [9.17, 15) is 9.59 Å². The number of ether oxygens (including phenoxy) is 1. The van der Waals surface area contributed by atoms with Crippen molar-refractivity contribution in [3.63, 3.8) is 0 Å². The van der Waals surface area contributed by atoms with Crippen molar-refractivity contribution in [1.82, 2.24) is 14.8 Å². The van der Waals surface area contributed by atoms with E-state index < -0.39 is 0 Å². The van der Waals surface area contributed by atoms with Crippen molar-refractivity contribution in [3.05, 3.63) is 58.8 Å². The SMILES string of the molecule is CC(=O)COc1cc(C)c(C(=O)N2CC3CN(CC[C@H](N)c4ccccc4)CC3C2)c(C)n1. The number of pyridine rings is 1. The van der Waals surface area contributed by atoms with Crippen molar-refractivity contribution in [3.8, 4) is 5.88 Å². The van der Waals surface area contributed by atoms with Gasteiger partial charge in [0, 0.05) is 38.3 Å². The number of ketones is 1. The van der Waals surface area contributed by atoms with E-state index in [-0.39, 0.29) is 24.3 Å². The van der Waals surface area contributed by atoms with E-state index in [1.807, 2.05) is 36.9 Å².